The number of ketones is 4. The first-order chi connectivity index (χ1) is 67.6. The normalized spacial score (nSPS) is 47.9. The third kappa shape index (κ3) is 18.8. The van der Waals surface area contributed by atoms with Gasteiger partial charge in [0.15, 0.2) is 29.0 Å². The molecule has 4 aromatic heterocycles. The van der Waals surface area contributed by atoms with Crippen LogP contribution < -0.4 is 0 Å². The Labute approximate surface area is 850 Å². The van der Waals surface area contributed by atoms with E-state index in [4.69, 9.17) is 4.74 Å². The highest BCUT2D eigenvalue weighted by Crippen LogP contribution is 2.74. The van der Waals surface area contributed by atoms with Crippen molar-refractivity contribution in [3.63, 3.8) is 0 Å². The van der Waals surface area contributed by atoms with Gasteiger partial charge in [-0.2, -0.15) is 30.0 Å². The van der Waals surface area contributed by atoms with Crippen LogP contribution in [0.5, 0.6) is 0 Å². The Morgan fingerprint density at radius 2 is 0.796 bits per heavy atom. The topological polar surface area (TPSA) is 289 Å². The molecule has 0 spiro atoms. The fourth-order valence-corrected chi connectivity index (χ4v) is 42.0. The Kier molecular flexibility index (Phi) is 28.2. The molecule has 0 bridgehead atoms. The molecule has 40 atom stereocenters. The molecule has 25 rings (SSSR count). The summed E-state index contributed by atoms with van der Waals surface area (Å²) < 4.78 is 9.50. The molecular weight excluding hydrogens is 1770 g/mol. The molecule has 21 heteroatoms. The van der Waals surface area contributed by atoms with Gasteiger partial charge in [-0.3, -0.25) is 28.5 Å². The number of Topliss-reactive ketones (excluding diaryl/α,β-unsaturated/α-hetero) is 4. The molecule has 0 aliphatic heterocycles. The van der Waals surface area contributed by atoms with E-state index < -0.39 is 22.4 Å². The molecule has 0 saturated heterocycles. The molecule has 20 aliphatic carbocycles. The van der Waals surface area contributed by atoms with Crippen LogP contribution in [-0.2, 0) is 50.1 Å². The average Bonchev–Trinajstić information content (AvgIpc) is 1.41. The molecule has 784 valence electrons. The first kappa shape index (κ1) is 102. The van der Waals surface area contributed by atoms with Crippen LogP contribution in [0.25, 0.3) is 10.9 Å². The first-order valence-electron chi connectivity index (χ1n) is 58.8. The number of ether oxygens (including phenoxy) is 1. The average molecular weight is 1950 g/mol. The Balaban J connectivity index is 0.000000105. The maximum absolute atomic E-state index is 13.5. The Morgan fingerprint density at radius 3 is 1.29 bits per heavy atom. The second-order valence-electron chi connectivity index (χ2n) is 56.2. The van der Waals surface area contributed by atoms with Gasteiger partial charge in [0.05, 0.1) is 72.3 Å². The number of nitrogens with zero attached hydrogens (tertiary/aromatic N) is 11. The van der Waals surface area contributed by atoms with Crippen molar-refractivity contribution in [2.24, 2.45) is 204 Å². The number of fused-ring (bicyclic) bond motifs is 26. The van der Waals surface area contributed by atoms with E-state index in [0.29, 0.717) is 94.4 Å². The Hall–Kier alpha value is -5.45. The fourth-order valence-electron chi connectivity index (χ4n) is 42.0. The second-order valence-corrected chi connectivity index (χ2v) is 56.2. The van der Waals surface area contributed by atoms with Crippen LogP contribution in [0.2, 0.25) is 0 Å². The van der Waals surface area contributed by atoms with Gasteiger partial charge in [-0.25, -0.2) is 0 Å². The van der Waals surface area contributed by atoms with Crippen molar-refractivity contribution in [2.75, 3.05) is 13.7 Å². The zero-order chi connectivity index (χ0) is 99.5. The van der Waals surface area contributed by atoms with Gasteiger partial charge in [-0.15, -0.1) is 10.2 Å². The Bertz CT molecular complexity index is 5250. The van der Waals surface area contributed by atoms with E-state index in [1.807, 2.05) is 94.8 Å². The highest BCUT2D eigenvalue weighted by atomic mass is 16.5. The molecule has 21 nitrogen and oxygen atoms in total. The maximum Gasteiger partial charge on any atom is 0.171 e. The van der Waals surface area contributed by atoms with Gasteiger partial charge < -0.3 is 30.3 Å². The van der Waals surface area contributed by atoms with Gasteiger partial charge in [0, 0.05) is 48.6 Å². The lowest BCUT2D eigenvalue weighted by molar-refractivity contribution is -0.157. The number of aliphatic hydroxyl groups excluding tert-OH is 1. The van der Waals surface area contributed by atoms with Crippen molar-refractivity contribution >= 4 is 34.0 Å². The molecular formula is C121H185N11O10. The van der Waals surface area contributed by atoms with Crippen LogP contribution >= 0.6 is 0 Å². The minimum absolute atomic E-state index is 0.0538. The quantitative estimate of drug-likeness (QED) is 0.0690. The third-order valence-corrected chi connectivity index (χ3v) is 48.9. The van der Waals surface area contributed by atoms with Crippen molar-refractivity contribution in [1.29, 1.82) is 0 Å². The first-order valence-corrected chi connectivity index (χ1v) is 58.8. The summed E-state index contributed by atoms with van der Waals surface area (Å²) in [6.07, 6.45) is 62.8. The number of tetrazole rings is 1. The smallest absolute Gasteiger partial charge is 0.171 e. The second kappa shape index (κ2) is 39.1. The van der Waals surface area contributed by atoms with Gasteiger partial charge in [0.2, 0.25) is 0 Å². The zero-order valence-electron chi connectivity index (χ0n) is 90.0. The summed E-state index contributed by atoms with van der Waals surface area (Å²) in [5, 5.41) is 83.2. The zero-order valence-corrected chi connectivity index (χ0v) is 90.0. The highest BCUT2D eigenvalue weighted by Gasteiger charge is 2.68. The summed E-state index contributed by atoms with van der Waals surface area (Å²) >= 11 is 0. The summed E-state index contributed by atoms with van der Waals surface area (Å²) in [5.74, 6) is 21.6. The molecule has 1 aromatic carbocycles. The minimum atomic E-state index is -0.473. The number of aliphatic hydroxyl groups is 5. The summed E-state index contributed by atoms with van der Waals surface area (Å²) in [7, 11) is 1.89. The van der Waals surface area contributed by atoms with Crippen LogP contribution in [0.4, 0.5) is 0 Å². The van der Waals surface area contributed by atoms with Gasteiger partial charge >= 0.3 is 0 Å². The van der Waals surface area contributed by atoms with Crippen LogP contribution in [0, 0.1) is 217 Å². The number of hydrogen-bond donors (Lipinski definition) is 5. The molecule has 0 unspecified atom stereocenters. The molecule has 4 heterocycles. The van der Waals surface area contributed by atoms with E-state index in [1.165, 1.54) is 191 Å². The summed E-state index contributed by atoms with van der Waals surface area (Å²) in [4.78, 5) is 56.1. The Morgan fingerprint density at radius 1 is 0.373 bits per heavy atom. The van der Waals surface area contributed by atoms with E-state index in [0.717, 1.165) is 238 Å². The van der Waals surface area contributed by atoms with Crippen LogP contribution in [0.3, 0.4) is 0 Å². The monoisotopic (exact) mass is 1950 g/mol. The highest BCUT2D eigenvalue weighted by molar-refractivity contribution is 5.84. The maximum atomic E-state index is 13.5. The molecule has 0 amide bonds. The lowest BCUT2D eigenvalue weighted by atomic mass is 9.44. The molecule has 20 aliphatic rings. The number of benzene rings is 1. The molecule has 5 aromatic rings. The van der Waals surface area contributed by atoms with E-state index in [2.05, 4.69) is 90.3 Å². The van der Waals surface area contributed by atoms with Crippen molar-refractivity contribution in [1.82, 2.24) is 54.8 Å². The van der Waals surface area contributed by atoms with E-state index in [-0.39, 0.29) is 58.0 Å². The fraction of sp³-hybridized carbons (Fsp3) is 0.860. The molecule has 142 heavy (non-hydrogen) atoms. The standard InChI is InChI=1S/C28H38N2O2.C25H38N2O2.C24H38N4O2.C23H35N3O2.C21H36O2/c1-27(32)13-11-20-18(15-27)7-8-22-21(20)12-14-28(2)23(22)9-10-24(28)26(31)17-30-16-19-5-3-4-6-25(19)29-30;1-16-13-26-27(14-16)15-23(28)22-7-6-21-20-5-4-17-12-24(2,29)10-8-18(17)19(20)9-11-25(21,22)3;1-15-25-27-28(26-15)14-21(29)20-8-7-18-17-6-5-16-13-22(2,30)11-12-23(16,3)19(17)9-10-24(18,20)4;1-22(28)9-7-16-15(13-22)3-4-18-17(16)8-10-23(2)19(18)5-6-20(23)21(27)14-26-24-11-12-25-26;1-14-4-7-18-17-6-5-15-12-16(22)8-11-21(15,13-23-3)19(17)9-10-20(14,18)2/h3-6,16,18,20-24,32H,7-15,17H2,1-2H3;13-14,17-22,29H,4-12,15H2,1-3H3;16-20,30H,5-14H2,1-4H3;11-12,15-20,28H,3-10,13-14H2,1-2H3;14-19,22H,4-13H2,1-3H3/t18-,20+,21-,22-,23+,24-,27-,28+;17-,18+,19-,20-,21+,22-,24-,25+;16-,17+,18+,19+,20-,22-,23+,24+;15-,16+,17-,18-,19+,20-,22-,23+;14-,15-,16+,17-,18-,19-,20+,21+/m11110/s1. The number of carbonyl (C=O) groups excluding carboxylic acids is 4. The van der Waals surface area contributed by atoms with Gasteiger partial charge in [-0.1, -0.05) is 66.7 Å². The van der Waals surface area contributed by atoms with Crippen molar-refractivity contribution < 1.29 is 49.4 Å². The number of methoxy groups -OCH3 is 1. The SMILES string of the molecule is COC[C@]12CC[C@@H](O)C[C@@H]1CC[C@H]1[C@@H]3CC[C@H](C)[C@@]3(C)CC[C@@H]12.C[C@@]1(O)CC[C@H]2[C@H](CC[C@@H]3[C@@H]2CC[C@]2(C)[C@@H](C(=O)Cn4cc5ccccc5n4)CC[C@@H]32)C1.C[C@@]1(O)CC[C@H]2[C@H](CC[C@@H]3[C@@H]2CC[C@]2(C)[C@@H](C(=O)Cn4nccn4)CC[C@@H]32)C1.Cc1cnn(CC(=O)[C@H]2CC[C@H]3[C@@H]4CC[C@@H]5C[C@](C)(O)CC[C@@H]5[C@H]4CC[C@]23C)c1.Cc1nnn(CC(=O)[C@H]2CC[C@H]3[C@@H]4CC[C@@H]5C[C@](C)(O)CC[C@]5(C)[C@H]4CC[C@]23C)n1. The largest absolute Gasteiger partial charge is 0.393 e. The number of aromatic nitrogens is 11. The van der Waals surface area contributed by atoms with Crippen LogP contribution in [0.1, 0.15) is 376 Å². The number of hydrogen-bond acceptors (Lipinski definition) is 17. The summed E-state index contributed by atoms with van der Waals surface area (Å²) in [5.41, 5.74) is 2.29. The van der Waals surface area contributed by atoms with Gasteiger partial charge in [0.1, 0.15) is 13.1 Å². The van der Waals surface area contributed by atoms with Crippen LogP contribution in [0.15, 0.2) is 55.2 Å². The summed E-state index contributed by atoms with van der Waals surface area (Å²) in [6, 6.07) is 8.12. The number of rotatable bonds is 14. The van der Waals surface area contributed by atoms with Crippen LogP contribution in [-0.4, -0.2) is 146 Å². The lowest BCUT2D eigenvalue weighted by Crippen LogP contribution is -2.56. The molecule has 20 fully saturated rings. The van der Waals surface area contributed by atoms with E-state index >= 15 is 0 Å². The lowest BCUT2D eigenvalue weighted by Gasteiger charge is -2.61. The number of aryl methyl sites for hydroxylation is 2. The molecule has 20 saturated carbocycles. The predicted octanol–water partition coefficient (Wildman–Crippen LogP) is 22.9. The van der Waals surface area contributed by atoms with Gasteiger partial charge in [0.25, 0.3) is 0 Å². The number of carbonyl (C=O) groups is 4. The van der Waals surface area contributed by atoms with E-state index in [1.54, 1.807) is 17.2 Å². The van der Waals surface area contributed by atoms with Crippen molar-refractivity contribution in [3.05, 3.63) is 66.6 Å². The van der Waals surface area contributed by atoms with Crippen molar-refractivity contribution in [3.8, 4) is 0 Å². The molecule has 0 radical (unpaired) electrons. The minimum Gasteiger partial charge on any atom is -0.393 e. The third-order valence-electron chi connectivity index (χ3n) is 48.9. The molecule has 5 N–H and O–H groups in total. The summed E-state index contributed by atoms with van der Waals surface area (Å²) in [6.45, 7) is 31.7. The van der Waals surface area contributed by atoms with Gasteiger partial charge in [-0.05, 0) is 527 Å². The van der Waals surface area contributed by atoms with Crippen molar-refractivity contribution in [2.45, 2.75) is 434 Å². The predicted molar refractivity (Wildman–Crippen MR) is 552 cm³/mol. The van der Waals surface area contributed by atoms with E-state index in [9.17, 15) is 44.7 Å².